The molecule has 0 fully saturated rings. The largest absolute Gasteiger partial charge is 0.354 e. The third-order valence-electron chi connectivity index (χ3n) is 4.84. The second kappa shape index (κ2) is 20.2. The van der Waals surface area contributed by atoms with Crippen molar-refractivity contribution >= 4 is 29.5 Å². The first-order valence-electron chi connectivity index (χ1n) is 11.6. The molecule has 0 aliphatic rings. The molecule has 1 heterocycles. The zero-order valence-electron chi connectivity index (χ0n) is 18.8. The summed E-state index contributed by atoms with van der Waals surface area (Å²) in [6, 6.07) is 0. The molecule has 0 aromatic carbocycles. The van der Waals surface area contributed by atoms with Gasteiger partial charge in [0.15, 0.2) is 0 Å². The molecule has 170 valence electrons. The van der Waals surface area contributed by atoms with Gasteiger partial charge >= 0.3 is 0 Å². The Morgan fingerprint density at radius 2 is 1.19 bits per heavy atom. The average molecular weight is 461 g/mol. The van der Waals surface area contributed by atoms with Gasteiger partial charge in [0.25, 0.3) is 0 Å². The zero-order valence-corrected chi connectivity index (χ0v) is 20.4. The summed E-state index contributed by atoms with van der Waals surface area (Å²) in [7, 11) is 0. The monoisotopic (exact) mass is 460 g/mol. The van der Waals surface area contributed by atoms with E-state index in [1.54, 1.807) is 0 Å². The lowest BCUT2D eigenvalue weighted by Crippen LogP contribution is -2.07. The van der Waals surface area contributed by atoms with E-state index in [1.165, 1.54) is 83.5 Å². The van der Waals surface area contributed by atoms with E-state index in [4.69, 9.17) is 10.5 Å². The maximum atomic E-state index is 8.78. The van der Waals surface area contributed by atoms with Crippen molar-refractivity contribution < 1.29 is 0 Å². The highest BCUT2D eigenvalue weighted by Gasteiger charge is 2.07. The number of hydrogen-bond donors (Lipinski definition) is 1. The Morgan fingerprint density at radius 1 is 0.710 bits per heavy atom. The van der Waals surface area contributed by atoms with Gasteiger partial charge in [0.1, 0.15) is 10.8 Å². The van der Waals surface area contributed by atoms with Gasteiger partial charge in [0.05, 0.1) is 0 Å². The summed E-state index contributed by atoms with van der Waals surface area (Å²) in [5, 5.41) is 25.3. The maximum Gasteiger partial charge on any atom is 0.227 e. The molecule has 0 atom stereocenters. The molecule has 0 saturated carbocycles. The predicted molar refractivity (Wildman–Crippen MR) is 131 cm³/mol. The minimum Gasteiger partial charge on any atom is -0.354 e. The minimum absolute atomic E-state index is 0.318. The van der Waals surface area contributed by atoms with Gasteiger partial charge in [0.2, 0.25) is 16.3 Å². The molecule has 6 nitrogen and oxygen atoms in total. The molecule has 0 saturated heterocycles. The number of unbranched alkanes of at least 4 members (excludes halogenated alkanes) is 12. The van der Waals surface area contributed by atoms with Crippen LogP contribution >= 0.6 is 23.5 Å². The van der Waals surface area contributed by atoms with Crippen molar-refractivity contribution in [2.24, 2.45) is 0 Å². The molecule has 1 N–H and O–H groups in total. The van der Waals surface area contributed by atoms with E-state index in [2.05, 4.69) is 39.3 Å². The molecule has 0 aliphatic heterocycles. The maximum absolute atomic E-state index is 8.78. The van der Waals surface area contributed by atoms with E-state index in [9.17, 15) is 0 Å². The van der Waals surface area contributed by atoms with E-state index in [0.717, 1.165) is 36.5 Å². The predicted octanol–water partition coefficient (Wildman–Crippen LogP) is 7.47. The highest BCUT2D eigenvalue weighted by atomic mass is 32.2. The van der Waals surface area contributed by atoms with Crippen molar-refractivity contribution in [3.05, 3.63) is 12.2 Å². The smallest absolute Gasteiger partial charge is 0.227 e. The number of thioether (sulfide) groups is 2. The summed E-state index contributed by atoms with van der Waals surface area (Å²) in [5.74, 6) is 0.429. The molecule has 1 rings (SSSR count). The Kier molecular flexibility index (Phi) is 17.7. The van der Waals surface area contributed by atoms with Crippen LogP contribution < -0.4 is 5.32 Å². The first-order valence-corrected chi connectivity index (χ1v) is 13.2. The van der Waals surface area contributed by atoms with Crippen molar-refractivity contribution in [2.45, 2.75) is 107 Å². The van der Waals surface area contributed by atoms with E-state index in [0.29, 0.717) is 16.3 Å². The lowest BCUT2D eigenvalue weighted by atomic mass is 10.1. The summed E-state index contributed by atoms with van der Waals surface area (Å²) in [6.07, 6.45) is 22.7. The van der Waals surface area contributed by atoms with Gasteiger partial charge in [-0.25, -0.2) is 0 Å². The first-order chi connectivity index (χ1) is 15.3. The number of nitrogens with zero attached hydrogens (tertiary/aromatic N) is 5. The van der Waals surface area contributed by atoms with Crippen molar-refractivity contribution in [2.75, 3.05) is 11.9 Å². The van der Waals surface area contributed by atoms with E-state index >= 15 is 0 Å². The fourth-order valence-corrected chi connectivity index (χ4v) is 3.91. The quantitative estimate of drug-likeness (QED) is 0.0982. The van der Waals surface area contributed by atoms with Gasteiger partial charge < -0.3 is 5.32 Å². The van der Waals surface area contributed by atoms with Crippen LogP contribution in [0, 0.1) is 21.3 Å². The molecule has 0 unspecified atom stereocenters. The third kappa shape index (κ3) is 15.6. The lowest BCUT2D eigenvalue weighted by Gasteiger charge is -2.06. The van der Waals surface area contributed by atoms with Crippen LogP contribution in [0.5, 0.6) is 0 Å². The van der Waals surface area contributed by atoms with Crippen molar-refractivity contribution in [1.82, 2.24) is 15.0 Å². The normalized spacial score (nSPS) is 10.8. The molecule has 0 bridgehead atoms. The zero-order chi connectivity index (χ0) is 22.4. The van der Waals surface area contributed by atoms with Crippen LogP contribution in [0.3, 0.4) is 0 Å². The molecule has 0 spiro atoms. The molecule has 8 heteroatoms. The number of nitriles is 2. The van der Waals surface area contributed by atoms with Crippen LogP contribution in [0.25, 0.3) is 0 Å². The number of thiocyanates is 2. The molecule has 0 radical (unpaired) electrons. The highest BCUT2D eigenvalue weighted by molar-refractivity contribution is 8.04. The number of allylic oxidation sites excluding steroid dienone is 2. The van der Waals surface area contributed by atoms with Gasteiger partial charge in [0, 0.05) is 30.1 Å². The van der Waals surface area contributed by atoms with Crippen LogP contribution in [-0.2, 0) is 0 Å². The number of hydrogen-bond acceptors (Lipinski definition) is 8. The van der Waals surface area contributed by atoms with Crippen LogP contribution in [0.4, 0.5) is 5.95 Å². The van der Waals surface area contributed by atoms with Gasteiger partial charge in [-0.15, -0.1) is 0 Å². The lowest BCUT2D eigenvalue weighted by molar-refractivity contribution is 0.602. The Bertz CT molecular complexity index is 662. The number of aromatic nitrogens is 3. The summed E-state index contributed by atoms with van der Waals surface area (Å²) in [4.78, 5) is 12.4. The number of anilines is 1. The van der Waals surface area contributed by atoms with Gasteiger partial charge in [-0.1, -0.05) is 76.9 Å². The Balaban J connectivity index is 1.99. The van der Waals surface area contributed by atoms with Crippen molar-refractivity contribution in [3.63, 3.8) is 0 Å². The van der Waals surface area contributed by atoms with E-state index in [1.807, 2.05) is 10.8 Å². The van der Waals surface area contributed by atoms with Crippen LogP contribution in [-0.4, -0.2) is 21.5 Å². The van der Waals surface area contributed by atoms with Gasteiger partial charge in [-0.2, -0.15) is 25.5 Å². The van der Waals surface area contributed by atoms with Crippen molar-refractivity contribution in [1.29, 1.82) is 10.5 Å². The van der Waals surface area contributed by atoms with Crippen molar-refractivity contribution in [3.8, 4) is 10.8 Å². The molecular formula is C23H36N6S2. The summed E-state index contributed by atoms with van der Waals surface area (Å²) < 4.78 is 0. The minimum atomic E-state index is 0.318. The first kappa shape index (κ1) is 27.3. The van der Waals surface area contributed by atoms with Crippen LogP contribution in [0.2, 0.25) is 0 Å². The Labute approximate surface area is 196 Å². The third-order valence-corrected chi connectivity index (χ3v) is 5.75. The second-order valence-electron chi connectivity index (χ2n) is 7.48. The fraction of sp³-hybridized carbons (Fsp3) is 0.696. The average Bonchev–Trinajstić information content (AvgIpc) is 2.76. The fourth-order valence-electron chi connectivity index (χ4n) is 3.16. The van der Waals surface area contributed by atoms with Crippen LogP contribution in [0.15, 0.2) is 22.5 Å². The SMILES string of the molecule is CCCCCCCC/C=C\CCCCCCCCNc1nc(SC#N)nc(SC#N)n1. The van der Waals surface area contributed by atoms with Gasteiger partial charge in [-0.3, -0.25) is 0 Å². The molecule has 1 aromatic rings. The number of nitrogens with one attached hydrogen (secondary N) is 1. The highest BCUT2D eigenvalue weighted by Crippen LogP contribution is 2.18. The Hall–Kier alpha value is -1.77. The molecule has 0 aliphatic carbocycles. The summed E-state index contributed by atoms with van der Waals surface area (Å²) in [5.41, 5.74) is 0. The Morgan fingerprint density at radius 3 is 1.71 bits per heavy atom. The standard InChI is InChI=1S/C23H36N6S2/c1-2-3-4-5-6-7-8-9-10-11-12-13-14-15-16-17-18-26-21-27-22(30-19-24)29-23(28-21)31-20-25/h9-10H,2-8,11-18H2,1H3,(H,26,27,28,29)/b10-9-. The van der Waals surface area contributed by atoms with E-state index < -0.39 is 0 Å². The number of rotatable bonds is 19. The van der Waals surface area contributed by atoms with Crippen LogP contribution in [0.1, 0.15) is 96.8 Å². The molecular weight excluding hydrogens is 424 g/mol. The molecule has 31 heavy (non-hydrogen) atoms. The topological polar surface area (TPSA) is 98.3 Å². The summed E-state index contributed by atoms with van der Waals surface area (Å²) >= 11 is 1.74. The summed E-state index contributed by atoms with van der Waals surface area (Å²) in [6.45, 7) is 3.04. The van der Waals surface area contributed by atoms with Gasteiger partial charge in [-0.05, 0) is 32.1 Å². The second-order valence-corrected chi connectivity index (χ2v) is 8.98. The molecule has 0 amide bonds. The van der Waals surface area contributed by atoms with E-state index in [-0.39, 0.29) is 0 Å². The molecule has 1 aromatic heterocycles.